The zero-order chi connectivity index (χ0) is 18.2. The number of furan rings is 1. The predicted octanol–water partition coefficient (Wildman–Crippen LogP) is 2.88. The zero-order valence-electron chi connectivity index (χ0n) is 15.5. The molecule has 0 spiro atoms. The van der Waals surface area contributed by atoms with Crippen molar-refractivity contribution in [3.05, 3.63) is 35.4 Å². The molecule has 0 aliphatic heterocycles. The zero-order valence-corrected chi connectivity index (χ0v) is 15.5. The summed E-state index contributed by atoms with van der Waals surface area (Å²) in [4.78, 5) is 8.81. The van der Waals surface area contributed by atoms with Gasteiger partial charge in [0.1, 0.15) is 24.2 Å². The summed E-state index contributed by atoms with van der Waals surface area (Å²) in [6.07, 6.45) is -0.194. The maximum atomic E-state index is 5.64. The fourth-order valence-electron chi connectivity index (χ4n) is 2.25. The van der Waals surface area contributed by atoms with Gasteiger partial charge in [-0.25, -0.2) is 4.99 Å². The monoisotopic (exact) mass is 349 g/mol. The fraction of sp³-hybridized carbons (Fsp3) is 0.588. The van der Waals surface area contributed by atoms with Crippen molar-refractivity contribution >= 4 is 5.96 Å². The fourth-order valence-corrected chi connectivity index (χ4v) is 2.25. The summed E-state index contributed by atoms with van der Waals surface area (Å²) in [7, 11) is 0. The molecule has 2 atom stereocenters. The predicted molar refractivity (Wildman–Crippen MR) is 94.2 cm³/mol. The van der Waals surface area contributed by atoms with Crippen LogP contribution < -0.4 is 10.6 Å². The van der Waals surface area contributed by atoms with Gasteiger partial charge >= 0.3 is 0 Å². The van der Waals surface area contributed by atoms with Crippen molar-refractivity contribution in [2.75, 3.05) is 13.2 Å². The Morgan fingerprint density at radius 1 is 1.32 bits per heavy atom. The van der Waals surface area contributed by atoms with Crippen molar-refractivity contribution < 1.29 is 13.7 Å². The molecule has 0 saturated heterocycles. The third kappa shape index (κ3) is 5.60. The number of ether oxygens (including phenoxy) is 1. The number of aromatic nitrogens is 2. The van der Waals surface area contributed by atoms with E-state index < -0.39 is 0 Å². The third-order valence-corrected chi connectivity index (χ3v) is 3.52. The lowest BCUT2D eigenvalue weighted by Gasteiger charge is -2.15. The van der Waals surface area contributed by atoms with E-state index >= 15 is 0 Å². The second kappa shape index (κ2) is 9.22. The second-order valence-electron chi connectivity index (χ2n) is 5.65. The number of aliphatic imine (C=N–C) groups is 1. The number of nitrogens with one attached hydrogen (secondary N) is 2. The first kappa shape index (κ1) is 19.0. The smallest absolute Gasteiger partial charge is 0.248 e. The molecule has 0 saturated carbocycles. The normalized spacial score (nSPS) is 14.4. The van der Waals surface area contributed by atoms with Crippen molar-refractivity contribution in [2.45, 2.75) is 53.3 Å². The molecule has 138 valence electrons. The Balaban J connectivity index is 1.99. The highest BCUT2D eigenvalue weighted by Gasteiger charge is 2.14. The van der Waals surface area contributed by atoms with Gasteiger partial charge in [-0.15, -0.1) is 0 Å². The molecule has 0 radical (unpaired) electrons. The molecule has 0 aliphatic carbocycles. The van der Waals surface area contributed by atoms with Gasteiger partial charge in [0, 0.05) is 13.2 Å². The molecule has 25 heavy (non-hydrogen) atoms. The standard InChI is InChI=1S/C17H27N5O3/c1-6-18-17(20-12(4)14-9-8-11(3)24-14)19-10-15-21-16(22-25-15)13(5)23-7-2/h8-9,12-13H,6-7,10H2,1-5H3,(H2,18,19,20). The van der Waals surface area contributed by atoms with Gasteiger partial charge in [0.15, 0.2) is 11.8 Å². The number of nitrogens with zero attached hydrogens (tertiary/aromatic N) is 3. The third-order valence-electron chi connectivity index (χ3n) is 3.52. The molecule has 2 aromatic rings. The van der Waals surface area contributed by atoms with Crippen LogP contribution in [-0.2, 0) is 11.3 Å². The first-order valence-electron chi connectivity index (χ1n) is 8.58. The minimum atomic E-state index is -0.194. The molecule has 2 unspecified atom stereocenters. The van der Waals surface area contributed by atoms with Gasteiger partial charge in [-0.3, -0.25) is 0 Å². The molecule has 2 heterocycles. The van der Waals surface area contributed by atoms with Gasteiger partial charge in [0.25, 0.3) is 0 Å². The summed E-state index contributed by atoms with van der Waals surface area (Å²) in [6, 6.07) is 3.88. The lowest BCUT2D eigenvalue weighted by atomic mass is 10.2. The first-order chi connectivity index (χ1) is 12.0. The van der Waals surface area contributed by atoms with Crippen LogP contribution in [0, 0.1) is 6.92 Å². The minimum absolute atomic E-state index is 0.0114. The molecule has 0 bridgehead atoms. The van der Waals surface area contributed by atoms with E-state index in [0.29, 0.717) is 24.3 Å². The molecule has 2 N–H and O–H groups in total. The number of hydrogen-bond donors (Lipinski definition) is 2. The lowest BCUT2D eigenvalue weighted by Crippen LogP contribution is -2.38. The van der Waals surface area contributed by atoms with Crippen LogP contribution in [-0.4, -0.2) is 29.3 Å². The first-order valence-corrected chi connectivity index (χ1v) is 8.58. The molecule has 8 heteroatoms. The van der Waals surface area contributed by atoms with Gasteiger partial charge in [-0.05, 0) is 46.8 Å². The molecule has 8 nitrogen and oxygen atoms in total. The Kier molecular flexibility index (Phi) is 7.00. The van der Waals surface area contributed by atoms with E-state index in [4.69, 9.17) is 13.7 Å². The number of rotatable bonds is 8. The summed E-state index contributed by atoms with van der Waals surface area (Å²) in [5, 5.41) is 10.4. The van der Waals surface area contributed by atoms with E-state index in [0.717, 1.165) is 18.1 Å². The van der Waals surface area contributed by atoms with E-state index in [1.54, 1.807) is 0 Å². The molecule has 2 rings (SSSR count). The van der Waals surface area contributed by atoms with E-state index in [9.17, 15) is 0 Å². The maximum Gasteiger partial charge on any atom is 0.248 e. The average Bonchev–Trinajstić information content (AvgIpc) is 3.22. The Bertz CT molecular complexity index is 679. The van der Waals surface area contributed by atoms with Gasteiger partial charge in [-0.1, -0.05) is 5.16 Å². The highest BCUT2D eigenvalue weighted by molar-refractivity contribution is 5.80. The van der Waals surface area contributed by atoms with Crippen molar-refractivity contribution in [1.82, 2.24) is 20.8 Å². The number of aryl methyl sites for hydroxylation is 1. The highest BCUT2D eigenvalue weighted by Crippen LogP contribution is 2.16. The largest absolute Gasteiger partial charge is 0.464 e. The Morgan fingerprint density at radius 3 is 2.76 bits per heavy atom. The molecular formula is C17H27N5O3. The van der Waals surface area contributed by atoms with Gasteiger partial charge in [-0.2, -0.15) is 4.98 Å². The molecular weight excluding hydrogens is 322 g/mol. The van der Waals surface area contributed by atoms with Crippen LogP contribution in [0.15, 0.2) is 26.1 Å². The van der Waals surface area contributed by atoms with Gasteiger partial charge < -0.3 is 24.3 Å². The number of guanidine groups is 1. The molecule has 0 fully saturated rings. The van der Waals surface area contributed by atoms with E-state index in [1.165, 1.54) is 0 Å². The van der Waals surface area contributed by atoms with Gasteiger partial charge in [0.2, 0.25) is 5.89 Å². The van der Waals surface area contributed by atoms with Crippen molar-refractivity contribution in [3.8, 4) is 0 Å². The SMILES string of the molecule is CCNC(=NCc1nc(C(C)OCC)no1)NC(C)c1ccc(C)o1. The summed E-state index contributed by atoms with van der Waals surface area (Å²) in [6.45, 7) is 11.4. The van der Waals surface area contributed by atoms with Crippen molar-refractivity contribution in [3.63, 3.8) is 0 Å². The van der Waals surface area contributed by atoms with Crippen LogP contribution in [0.25, 0.3) is 0 Å². The minimum Gasteiger partial charge on any atom is -0.464 e. The molecule has 0 aliphatic rings. The molecule has 0 aromatic carbocycles. The maximum absolute atomic E-state index is 5.64. The Hall–Kier alpha value is -2.35. The lowest BCUT2D eigenvalue weighted by molar-refractivity contribution is 0.0683. The Morgan fingerprint density at radius 2 is 2.12 bits per heavy atom. The average molecular weight is 349 g/mol. The summed E-state index contributed by atoms with van der Waals surface area (Å²) in [5.41, 5.74) is 0. The number of hydrogen-bond acceptors (Lipinski definition) is 6. The summed E-state index contributed by atoms with van der Waals surface area (Å²) >= 11 is 0. The summed E-state index contributed by atoms with van der Waals surface area (Å²) < 4.78 is 16.3. The second-order valence-corrected chi connectivity index (χ2v) is 5.65. The summed E-state index contributed by atoms with van der Waals surface area (Å²) in [5.74, 6) is 3.37. The van der Waals surface area contributed by atoms with Gasteiger partial charge in [0.05, 0.1) is 6.04 Å². The molecule has 2 aromatic heterocycles. The van der Waals surface area contributed by atoms with Crippen LogP contribution in [0.5, 0.6) is 0 Å². The van der Waals surface area contributed by atoms with Crippen LogP contribution in [0.2, 0.25) is 0 Å². The van der Waals surface area contributed by atoms with Crippen LogP contribution in [0.4, 0.5) is 0 Å². The molecule has 0 amide bonds. The van der Waals surface area contributed by atoms with E-state index in [1.807, 2.05) is 46.8 Å². The van der Waals surface area contributed by atoms with Crippen molar-refractivity contribution in [2.24, 2.45) is 4.99 Å². The highest BCUT2D eigenvalue weighted by atomic mass is 16.5. The van der Waals surface area contributed by atoms with Crippen molar-refractivity contribution in [1.29, 1.82) is 0 Å². The van der Waals surface area contributed by atoms with E-state index in [2.05, 4.69) is 25.8 Å². The quantitative estimate of drug-likeness (QED) is 0.558. The Labute approximate surface area is 148 Å². The van der Waals surface area contributed by atoms with E-state index in [-0.39, 0.29) is 18.7 Å². The van der Waals surface area contributed by atoms with Crippen LogP contribution in [0.1, 0.15) is 63.1 Å². The topological polar surface area (TPSA) is 97.7 Å². The van der Waals surface area contributed by atoms with Crippen LogP contribution >= 0.6 is 0 Å². The van der Waals surface area contributed by atoms with Crippen LogP contribution in [0.3, 0.4) is 0 Å².